The number of nitrogens with one attached hydrogen (secondary N) is 1. The van der Waals surface area contributed by atoms with Gasteiger partial charge in [0.15, 0.2) is 5.78 Å². The van der Waals surface area contributed by atoms with Crippen molar-refractivity contribution in [1.82, 2.24) is 10.2 Å². The van der Waals surface area contributed by atoms with E-state index in [9.17, 15) is 19.5 Å². The highest BCUT2D eigenvalue weighted by Crippen LogP contribution is 2.57. The van der Waals surface area contributed by atoms with Gasteiger partial charge in [0.2, 0.25) is 5.91 Å². The zero-order valence-corrected chi connectivity index (χ0v) is 21.0. The fourth-order valence-corrected chi connectivity index (χ4v) is 7.40. The Balaban J connectivity index is 1.19. The number of carboxylic acid groups (broad SMARTS) is 1. The maximum atomic E-state index is 13.5. The van der Waals surface area contributed by atoms with Crippen molar-refractivity contribution in [2.75, 3.05) is 31.1 Å². The van der Waals surface area contributed by atoms with Crippen LogP contribution in [0.5, 0.6) is 0 Å². The van der Waals surface area contributed by atoms with Gasteiger partial charge in [-0.15, -0.1) is 0 Å². The second-order valence-electron chi connectivity index (χ2n) is 11.7. The maximum absolute atomic E-state index is 13.5. The van der Waals surface area contributed by atoms with Gasteiger partial charge in [-0.25, -0.2) is 4.79 Å². The summed E-state index contributed by atoms with van der Waals surface area (Å²) in [6, 6.07) is 7.84. The molecule has 1 aliphatic heterocycles. The Kier molecular flexibility index (Phi) is 6.06. The molecule has 2 atom stereocenters. The molecular weight excluding hydrogens is 446 g/mol. The first kappa shape index (κ1) is 24.1. The van der Waals surface area contributed by atoms with Crippen molar-refractivity contribution < 1.29 is 24.2 Å². The van der Waals surface area contributed by atoms with Crippen LogP contribution < -0.4 is 10.2 Å². The van der Waals surface area contributed by atoms with Gasteiger partial charge < -0.3 is 20.1 Å². The number of piperazine rings is 1. The van der Waals surface area contributed by atoms with E-state index in [1.807, 2.05) is 38.1 Å². The van der Waals surface area contributed by atoms with E-state index in [-0.39, 0.29) is 29.6 Å². The lowest BCUT2D eigenvalue weighted by Crippen LogP contribution is -2.66. The van der Waals surface area contributed by atoms with Gasteiger partial charge in [-0.05, 0) is 94.9 Å². The summed E-state index contributed by atoms with van der Waals surface area (Å²) in [7, 11) is 0. The highest BCUT2D eigenvalue weighted by Gasteiger charge is 2.58. The van der Waals surface area contributed by atoms with E-state index in [1.54, 1.807) is 6.92 Å². The number of nitrogens with zero attached hydrogens (tertiary/aromatic N) is 2. The quantitative estimate of drug-likeness (QED) is 0.472. The third kappa shape index (κ3) is 4.53. The Morgan fingerprint density at radius 1 is 1.00 bits per heavy atom. The van der Waals surface area contributed by atoms with E-state index in [2.05, 4.69) is 15.1 Å². The molecule has 0 spiro atoms. The Morgan fingerprint density at radius 3 is 2.14 bits per heavy atom. The SMILES string of the molecule is CC(=O)c1ccc(N2CCN(C(C)(C)C(=O)NC3C4CC5CC3CC(OC(=O)O)(C5)C4)CC2)cc1. The second kappa shape index (κ2) is 8.80. The molecule has 35 heavy (non-hydrogen) atoms. The molecule has 4 bridgehead atoms. The Labute approximate surface area is 207 Å². The van der Waals surface area contributed by atoms with Crippen molar-refractivity contribution in [3.8, 4) is 0 Å². The van der Waals surface area contributed by atoms with E-state index in [1.165, 1.54) is 0 Å². The number of rotatable bonds is 6. The predicted octanol–water partition coefficient (Wildman–Crippen LogP) is 3.55. The monoisotopic (exact) mass is 483 g/mol. The van der Waals surface area contributed by atoms with E-state index in [0.29, 0.717) is 5.92 Å². The Hall–Kier alpha value is -2.61. The molecule has 1 heterocycles. The van der Waals surface area contributed by atoms with Gasteiger partial charge >= 0.3 is 6.16 Å². The molecule has 4 saturated carbocycles. The first-order valence-corrected chi connectivity index (χ1v) is 12.9. The van der Waals surface area contributed by atoms with Crippen LogP contribution >= 0.6 is 0 Å². The zero-order chi connectivity index (χ0) is 25.0. The van der Waals surface area contributed by atoms with Gasteiger partial charge in [-0.3, -0.25) is 14.5 Å². The van der Waals surface area contributed by atoms with Crippen molar-refractivity contribution in [3.63, 3.8) is 0 Å². The molecule has 8 heteroatoms. The lowest BCUT2D eigenvalue weighted by molar-refractivity contribution is -0.157. The molecule has 4 aliphatic carbocycles. The van der Waals surface area contributed by atoms with E-state index >= 15 is 0 Å². The summed E-state index contributed by atoms with van der Waals surface area (Å²) in [4.78, 5) is 40.9. The number of carbonyl (C=O) groups excluding carboxylic acids is 2. The van der Waals surface area contributed by atoms with Crippen molar-refractivity contribution in [2.24, 2.45) is 17.8 Å². The number of Topliss-reactive ketones (excluding diaryl/α,β-unsaturated/α-hetero) is 1. The molecule has 2 N–H and O–H groups in total. The first-order chi connectivity index (χ1) is 16.6. The van der Waals surface area contributed by atoms with Crippen LogP contribution in [0.3, 0.4) is 0 Å². The Morgan fingerprint density at radius 2 is 1.60 bits per heavy atom. The maximum Gasteiger partial charge on any atom is 0.506 e. The van der Waals surface area contributed by atoms with Crippen LogP contribution in [0.25, 0.3) is 0 Å². The normalized spacial score (nSPS) is 32.4. The van der Waals surface area contributed by atoms with Crippen LogP contribution in [0.4, 0.5) is 10.5 Å². The van der Waals surface area contributed by atoms with Crippen molar-refractivity contribution >= 4 is 23.5 Å². The fourth-order valence-electron chi connectivity index (χ4n) is 7.40. The van der Waals surface area contributed by atoms with E-state index in [4.69, 9.17) is 4.74 Å². The van der Waals surface area contributed by atoms with Crippen LogP contribution in [0, 0.1) is 17.8 Å². The number of hydrogen-bond acceptors (Lipinski definition) is 6. The highest BCUT2D eigenvalue weighted by molar-refractivity contribution is 5.94. The minimum Gasteiger partial charge on any atom is -0.450 e. The largest absolute Gasteiger partial charge is 0.506 e. The van der Waals surface area contributed by atoms with Crippen molar-refractivity contribution in [2.45, 2.75) is 70.1 Å². The molecule has 5 fully saturated rings. The van der Waals surface area contributed by atoms with Crippen LogP contribution in [0.15, 0.2) is 24.3 Å². The molecule has 1 aromatic rings. The molecular formula is C27H37N3O5. The van der Waals surface area contributed by atoms with Crippen molar-refractivity contribution in [3.05, 3.63) is 29.8 Å². The van der Waals surface area contributed by atoms with Gasteiger partial charge in [0.1, 0.15) is 5.60 Å². The molecule has 1 aromatic carbocycles. The number of benzene rings is 1. The zero-order valence-electron chi connectivity index (χ0n) is 21.0. The van der Waals surface area contributed by atoms with E-state index in [0.717, 1.165) is 69.5 Å². The summed E-state index contributed by atoms with van der Waals surface area (Å²) in [6.07, 6.45) is 3.20. The molecule has 190 valence electrons. The molecule has 2 unspecified atom stereocenters. The lowest BCUT2D eigenvalue weighted by Gasteiger charge is -2.59. The summed E-state index contributed by atoms with van der Waals surface area (Å²) < 4.78 is 5.41. The number of hydrogen-bond donors (Lipinski definition) is 2. The smallest absolute Gasteiger partial charge is 0.450 e. The highest BCUT2D eigenvalue weighted by atomic mass is 16.7. The third-order valence-corrected chi connectivity index (χ3v) is 9.08. The summed E-state index contributed by atoms with van der Waals surface area (Å²) in [5.74, 6) is 1.20. The second-order valence-corrected chi connectivity index (χ2v) is 11.7. The number of ketones is 1. The van der Waals surface area contributed by atoms with Crippen molar-refractivity contribution in [1.29, 1.82) is 0 Å². The van der Waals surface area contributed by atoms with Gasteiger partial charge in [-0.1, -0.05) is 0 Å². The lowest BCUT2D eigenvalue weighted by atomic mass is 9.52. The summed E-state index contributed by atoms with van der Waals surface area (Å²) in [6.45, 7) is 8.79. The molecule has 0 radical (unpaired) electrons. The minimum atomic E-state index is -1.18. The Bertz CT molecular complexity index is 983. The molecule has 6 rings (SSSR count). The van der Waals surface area contributed by atoms with Crippen LogP contribution in [0.1, 0.15) is 63.2 Å². The standard InChI is InChI=1S/C27H37N3O5/c1-17(31)19-4-6-22(7-5-19)29-8-10-30(11-9-29)26(2,3)24(32)28-23-20-12-18-13-21(23)16-27(14-18,15-20)35-25(33)34/h4-7,18,20-21,23H,8-16H2,1-3H3,(H,28,32)(H,33,34). The van der Waals surface area contributed by atoms with Gasteiger partial charge in [0.05, 0.1) is 5.54 Å². The molecule has 0 aromatic heterocycles. The molecule has 5 aliphatic rings. The number of carbonyl (C=O) groups is 3. The molecule has 1 saturated heterocycles. The number of anilines is 1. The van der Waals surface area contributed by atoms with E-state index < -0.39 is 17.3 Å². The van der Waals surface area contributed by atoms with Gasteiger partial charge in [0.25, 0.3) is 0 Å². The summed E-state index contributed by atoms with van der Waals surface area (Å²) in [5, 5.41) is 12.6. The first-order valence-electron chi connectivity index (χ1n) is 12.9. The molecule has 1 amide bonds. The number of amides is 1. The number of ether oxygens (including phenoxy) is 1. The average Bonchev–Trinajstić information content (AvgIpc) is 2.80. The summed E-state index contributed by atoms with van der Waals surface area (Å²) in [5.41, 5.74) is 0.644. The topological polar surface area (TPSA) is 99.2 Å². The van der Waals surface area contributed by atoms with Crippen LogP contribution in [0.2, 0.25) is 0 Å². The van der Waals surface area contributed by atoms with Crippen LogP contribution in [-0.4, -0.2) is 71.2 Å². The average molecular weight is 484 g/mol. The van der Waals surface area contributed by atoms with Gasteiger partial charge in [0, 0.05) is 43.5 Å². The van der Waals surface area contributed by atoms with Gasteiger partial charge in [-0.2, -0.15) is 0 Å². The minimum absolute atomic E-state index is 0.0578. The molecule has 8 nitrogen and oxygen atoms in total. The van der Waals surface area contributed by atoms with Crippen LogP contribution in [-0.2, 0) is 9.53 Å². The summed E-state index contributed by atoms with van der Waals surface area (Å²) >= 11 is 0. The predicted molar refractivity (Wildman–Crippen MR) is 132 cm³/mol. The fraction of sp³-hybridized carbons (Fsp3) is 0.667. The third-order valence-electron chi connectivity index (χ3n) is 9.08.